The van der Waals surface area contributed by atoms with Gasteiger partial charge < -0.3 is 0 Å². The van der Waals surface area contributed by atoms with Crippen LogP contribution in [0.4, 0.5) is 0 Å². The van der Waals surface area contributed by atoms with Gasteiger partial charge in [0.2, 0.25) is 10.0 Å². The number of hydrogen-bond donors (Lipinski definition) is 1. The fourth-order valence-corrected chi connectivity index (χ4v) is 6.00. The van der Waals surface area contributed by atoms with Gasteiger partial charge in [0, 0.05) is 17.0 Å². The van der Waals surface area contributed by atoms with Crippen LogP contribution in [0.2, 0.25) is 0 Å². The minimum absolute atomic E-state index is 0.0244. The van der Waals surface area contributed by atoms with Gasteiger partial charge in [0.15, 0.2) is 0 Å². The normalized spacial score (nSPS) is 25.1. The van der Waals surface area contributed by atoms with Gasteiger partial charge in [0.05, 0.1) is 4.90 Å². The Morgan fingerprint density at radius 1 is 1.29 bits per heavy atom. The molecule has 6 heteroatoms. The van der Waals surface area contributed by atoms with Crippen molar-refractivity contribution in [1.82, 2.24) is 4.72 Å². The van der Waals surface area contributed by atoms with Crippen LogP contribution in [0.25, 0.3) is 0 Å². The molecule has 1 fully saturated rings. The van der Waals surface area contributed by atoms with Gasteiger partial charge in [-0.3, -0.25) is 0 Å². The number of benzene rings is 1. The second kappa shape index (κ2) is 5.22. The molecule has 1 aliphatic rings. The molecule has 1 heterocycles. The first kappa shape index (κ1) is 13.3. The maximum atomic E-state index is 12.1. The molecule has 1 N–H and O–H groups in total. The zero-order valence-electron chi connectivity index (χ0n) is 9.71. The molecular formula is C11H15NO2S3. The average Bonchev–Trinajstić information content (AvgIpc) is 2.64. The molecule has 0 aromatic heterocycles. The Balaban J connectivity index is 2.16. The number of nitrogens with one attached hydrogen (secondary N) is 1. The van der Waals surface area contributed by atoms with Crippen LogP contribution in [0.15, 0.2) is 29.2 Å². The average molecular weight is 289 g/mol. The van der Waals surface area contributed by atoms with Crippen molar-refractivity contribution in [2.45, 2.75) is 30.0 Å². The molecule has 1 aliphatic heterocycles. The molecule has 17 heavy (non-hydrogen) atoms. The van der Waals surface area contributed by atoms with E-state index in [-0.39, 0.29) is 6.04 Å². The first-order chi connectivity index (χ1) is 7.99. The molecule has 3 nitrogen and oxygen atoms in total. The Hall–Kier alpha value is -0.170. The van der Waals surface area contributed by atoms with Crippen LogP contribution >= 0.6 is 21.6 Å². The molecule has 0 spiro atoms. The van der Waals surface area contributed by atoms with Crippen molar-refractivity contribution < 1.29 is 8.42 Å². The van der Waals surface area contributed by atoms with Crippen LogP contribution < -0.4 is 4.72 Å². The summed E-state index contributed by atoms with van der Waals surface area (Å²) in [5, 5.41) is 0.320. The minimum atomic E-state index is -3.37. The molecule has 1 saturated heterocycles. The highest BCUT2D eigenvalue weighted by molar-refractivity contribution is 8.77. The lowest BCUT2D eigenvalue weighted by Gasteiger charge is -2.15. The lowest BCUT2D eigenvalue weighted by molar-refractivity contribution is 0.562. The van der Waals surface area contributed by atoms with Crippen LogP contribution in [-0.4, -0.2) is 25.5 Å². The van der Waals surface area contributed by atoms with Crippen LogP contribution in [-0.2, 0) is 10.0 Å². The highest BCUT2D eigenvalue weighted by Crippen LogP contribution is 2.37. The molecule has 94 valence electrons. The van der Waals surface area contributed by atoms with E-state index in [0.29, 0.717) is 10.1 Å². The molecule has 0 saturated carbocycles. The molecule has 2 rings (SSSR count). The van der Waals surface area contributed by atoms with E-state index >= 15 is 0 Å². The third-order valence-electron chi connectivity index (χ3n) is 2.67. The largest absolute Gasteiger partial charge is 0.240 e. The second-order valence-corrected chi connectivity index (χ2v) is 8.63. The standard InChI is InChI=1S/C11H15NO2S3/c1-8-3-5-10(6-4-8)17(13,14)12-11-7-15-16-9(11)2/h3-6,9,11-12H,7H2,1-2H3/t9-,11-/m1/s1. The van der Waals surface area contributed by atoms with E-state index in [1.165, 1.54) is 0 Å². The zero-order valence-corrected chi connectivity index (χ0v) is 12.2. The fraction of sp³-hybridized carbons (Fsp3) is 0.455. The second-order valence-electron chi connectivity index (χ2n) is 4.13. The molecule has 1 aromatic carbocycles. The molecule has 1 aromatic rings. The van der Waals surface area contributed by atoms with Gasteiger partial charge >= 0.3 is 0 Å². The van der Waals surface area contributed by atoms with E-state index in [9.17, 15) is 8.42 Å². The zero-order chi connectivity index (χ0) is 12.5. The van der Waals surface area contributed by atoms with Crippen LogP contribution in [0.3, 0.4) is 0 Å². The van der Waals surface area contributed by atoms with Gasteiger partial charge in [-0.05, 0) is 19.1 Å². The molecule has 0 unspecified atom stereocenters. The van der Waals surface area contributed by atoms with Crippen LogP contribution in [0.1, 0.15) is 12.5 Å². The Labute approximate surface area is 110 Å². The van der Waals surface area contributed by atoms with Crippen molar-refractivity contribution >= 4 is 31.6 Å². The number of rotatable bonds is 3. The van der Waals surface area contributed by atoms with E-state index < -0.39 is 10.0 Å². The molecule has 0 amide bonds. The van der Waals surface area contributed by atoms with Crippen LogP contribution in [0, 0.1) is 6.92 Å². The summed E-state index contributed by atoms with van der Waals surface area (Å²) in [4.78, 5) is 0.345. The molecule has 2 atom stereocenters. The Morgan fingerprint density at radius 3 is 2.47 bits per heavy atom. The van der Waals surface area contributed by atoms with E-state index in [1.54, 1.807) is 33.7 Å². The third kappa shape index (κ3) is 3.19. The lowest BCUT2D eigenvalue weighted by Crippen LogP contribution is -2.39. The number of sulfonamides is 1. The molecule has 0 bridgehead atoms. The fourth-order valence-electron chi connectivity index (χ4n) is 1.54. The highest BCUT2D eigenvalue weighted by atomic mass is 33.1. The van der Waals surface area contributed by atoms with Gasteiger partial charge in [-0.1, -0.05) is 46.2 Å². The number of hydrogen-bond acceptors (Lipinski definition) is 4. The first-order valence-corrected chi connectivity index (χ1v) is 9.23. The van der Waals surface area contributed by atoms with Gasteiger partial charge in [-0.2, -0.15) is 0 Å². The maximum Gasteiger partial charge on any atom is 0.240 e. The number of aryl methyl sites for hydroxylation is 1. The maximum absolute atomic E-state index is 12.1. The molecule has 0 radical (unpaired) electrons. The summed E-state index contributed by atoms with van der Waals surface area (Å²) in [5.41, 5.74) is 1.06. The quantitative estimate of drug-likeness (QED) is 0.868. The summed E-state index contributed by atoms with van der Waals surface area (Å²) in [5.74, 6) is 0.830. The lowest BCUT2D eigenvalue weighted by atomic mass is 10.2. The monoisotopic (exact) mass is 289 g/mol. The van der Waals surface area contributed by atoms with Crippen molar-refractivity contribution in [1.29, 1.82) is 0 Å². The summed E-state index contributed by atoms with van der Waals surface area (Å²) >= 11 is 0. The molecular weight excluding hydrogens is 274 g/mol. The van der Waals surface area contributed by atoms with Gasteiger partial charge in [-0.15, -0.1) is 0 Å². The van der Waals surface area contributed by atoms with Gasteiger partial charge in [0.25, 0.3) is 0 Å². The predicted octanol–water partition coefficient (Wildman–Crippen LogP) is 2.43. The van der Waals surface area contributed by atoms with Crippen molar-refractivity contribution in [3.63, 3.8) is 0 Å². The molecule has 0 aliphatic carbocycles. The van der Waals surface area contributed by atoms with Crippen molar-refractivity contribution in [3.8, 4) is 0 Å². The smallest absolute Gasteiger partial charge is 0.207 e. The van der Waals surface area contributed by atoms with Gasteiger partial charge in [-0.25, -0.2) is 13.1 Å². The van der Waals surface area contributed by atoms with Crippen molar-refractivity contribution in [2.75, 3.05) is 5.75 Å². The summed E-state index contributed by atoms with van der Waals surface area (Å²) in [6.45, 7) is 3.99. The predicted molar refractivity (Wildman–Crippen MR) is 74.8 cm³/mol. The topological polar surface area (TPSA) is 46.2 Å². The summed E-state index contributed by atoms with van der Waals surface area (Å²) in [6, 6.07) is 6.96. The summed E-state index contributed by atoms with van der Waals surface area (Å²) in [6.07, 6.45) is 0. The van der Waals surface area contributed by atoms with E-state index in [1.807, 2.05) is 26.0 Å². The minimum Gasteiger partial charge on any atom is -0.207 e. The van der Waals surface area contributed by atoms with Gasteiger partial charge in [0.1, 0.15) is 0 Å². The van der Waals surface area contributed by atoms with E-state index in [0.717, 1.165) is 11.3 Å². The highest BCUT2D eigenvalue weighted by Gasteiger charge is 2.29. The van der Waals surface area contributed by atoms with Crippen LogP contribution in [0.5, 0.6) is 0 Å². The van der Waals surface area contributed by atoms with Crippen molar-refractivity contribution in [2.24, 2.45) is 0 Å². The van der Waals surface area contributed by atoms with Crippen molar-refractivity contribution in [3.05, 3.63) is 29.8 Å². The summed E-state index contributed by atoms with van der Waals surface area (Å²) < 4.78 is 27.0. The Kier molecular flexibility index (Phi) is 4.07. The first-order valence-electron chi connectivity index (χ1n) is 5.36. The summed E-state index contributed by atoms with van der Waals surface area (Å²) in [7, 11) is 0.0817. The van der Waals surface area contributed by atoms with E-state index in [2.05, 4.69) is 4.72 Å². The third-order valence-corrected chi connectivity index (χ3v) is 7.17. The van der Waals surface area contributed by atoms with E-state index in [4.69, 9.17) is 0 Å². The SMILES string of the molecule is Cc1ccc(S(=O)(=O)N[C@@H]2CSS[C@@H]2C)cc1. The Morgan fingerprint density at radius 2 is 1.94 bits per heavy atom. The Bertz CT molecular complexity index is 484.